The molecule has 0 saturated carbocycles. The number of carbonyl (C=O) groups is 1. The Morgan fingerprint density at radius 2 is 2.00 bits per heavy atom. The van der Waals surface area contributed by atoms with Gasteiger partial charge in [0.2, 0.25) is 0 Å². The molecule has 0 aliphatic carbocycles. The minimum atomic E-state index is -0.494. The van der Waals surface area contributed by atoms with Crippen LogP contribution in [0.15, 0.2) is 48.5 Å². The standard InChI is InChI=1S/C16H13ClN2O3S/c17-13-6-4-11(5-7-13)16-18(8-9-23-16)15(20)12-2-1-3-14(10-12)19(21)22/h1-7,10,16H,8-9H2. The number of nitro benzene ring substituents is 1. The van der Waals surface area contributed by atoms with Gasteiger partial charge in [0.25, 0.3) is 11.6 Å². The van der Waals surface area contributed by atoms with E-state index in [1.54, 1.807) is 34.9 Å². The van der Waals surface area contributed by atoms with Crippen LogP contribution in [-0.2, 0) is 0 Å². The molecule has 1 saturated heterocycles. The van der Waals surface area contributed by atoms with Crippen molar-refractivity contribution >= 4 is 35.0 Å². The van der Waals surface area contributed by atoms with Crippen LogP contribution in [0.4, 0.5) is 5.69 Å². The van der Waals surface area contributed by atoms with Gasteiger partial charge in [0.05, 0.1) is 4.92 Å². The van der Waals surface area contributed by atoms with Gasteiger partial charge < -0.3 is 4.90 Å². The summed E-state index contributed by atoms with van der Waals surface area (Å²) in [5.41, 5.74) is 1.25. The van der Waals surface area contributed by atoms with Gasteiger partial charge in [-0.3, -0.25) is 14.9 Å². The average molecular weight is 349 g/mol. The number of thioether (sulfide) groups is 1. The van der Waals surface area contributed by atoms with Crippen molar-refractivity contribution in [2.45, 2.75) is 5.37 Å². The maximum absolute atomic E-state index is 12.7. The molecule has 5 nitrogen and oxygen atoms in total. The molecular formula is C16H13ClN2O3S. The van der Waals surface area contributed by atoms with E-state index in [9.17, 15) is 14.9 Å². The van der Waals surface area contributed by atoms with E-state index in [1.165, 1.54) is 18.2 Å². The highest BCUT2D eigenvalue weighted by Gasteiger charge is 2.31. The Labute approximate surface area is 142 Å². The fraction of sp³-hybridized carbons (Fsp3) is 0.188. The summed E-state index contributed by atoms with van der Waals surface area (Å²) in [5.74, 6) is 0.632. The molecule has 0 aromatic heterocycles. The van der Waals surface area contributed by atoms with Crippen LogP contribution in [-0.4, -0.2) is 28.0 Å². The van der Waals surface area contributed by atoms with Gasteiger partial charge in [0.15, 0.2) is 0 Å². The number of hydrogen-bond donors (Lipinski definition) is 0. The minimum absolute atomic E-state index is 0.0780. The first kappa shape index (κ1) is 15.8. The van der Waals surface area contributed by atoms with Crippen molar-refractivity contribution in [1.82, 2.24) is 4.90 Å². The summed E-state index contributed by atoms with van der Waals surface area (Å²) in [7, 11) is 0. The number of halogens is 1. The molecule has 1 fully saturated rings. The second-order valence-electron chi connectivity index (χ2n) is 5.08. The Hall–Kier alpha value is -2.05. The van der Waals surface area contributed by atoms with E-state index in [1.807, 2.05) is 12.1 Å². The zero-order chi connectivity index (χ0) is 16.4. The van der Waals surface area contributed by atoms with E-state index >= 15 is 0 Å². The van der Waals surface area contributed by atoms with E-state index in [0.717, 1.165) is 11.3 Å². The molecule has 1 atom stereocenters. The minimum Gasteiger partial charge on any atom is -0.322 e. The molecule has 23 heavy (non-hydrogen) atoms. The highest BCUT2D eigenvalue weighted by Crippen LogP contribution is 2.39. The van der Waals surface area contributed by atoms with Crippen LogP contribution < -0.4 is 0 Å². The maximum atomic E-state index is 12.7. The lowest BCUT2D eigenvalue weighted by molar-refractivity contribution is -0.384. The third-order valence-electron chi connectivity index (χ3n) is 3.61. The Morgan fingerprint density at radius 3 is 2.70 bits per heavy atom. The molecule has 3 rings (SSSR count). The van der Waals surface area contributed by atoms with Gasteiger partial charge in [-0.05, 0) is 23.8 Å². The summed E-state index contributed by atoms with van der Waals surface area (Å²) in [6.45, 7) is 0.611. The van der Waals surface area contributed by atoms with Crippen LogP contribution in [0.3, 0.4) is 0 Å². The van der Waals surface area contributed by atoms with Gasteiger partial charge in [0, 0.05) is 35.0 Å². The summed E-state index contributed by atoms with van der Waals surface area (Å²) in [6, 6.07) is 13.2. The first-order valence-electron chi connectivity index (χ1n) is 6.99. The zero-order valence-electron chi connectivity index (χ0n) is 12.0. The molecule has 1 aliphatic rings. The SMILES string of the molecule is O=C(c1cccc([N+](=O)[O-])c1)N1CCSC1c1ccc(Cl)cc1. The Morgan fingerprint density at radius 1 is 1.26 bits per heavy atom. The van der Waals surface area contributed by atoms with E-state index in [2.05, 4.69) is 0 Å². The molecule has 1 amide bonds. The number of amides is 1. The third-order valence-corrected chi connectivity index (χ3v) is 5.12. The van der Waals surface area contributed by atoms with Crippen LogP contribution in [0.25, 0.3) is 0 Å². The Balaban J connectivity index is 1.87. The summed E-state index contributed by atoms with van der Waals surface area (Å²) >= 11 is 7.58. The number of carbonyl (C=O) groups excluding carboxylic acids is 1. The van der Waals surface area contributed by atoms with E-state index in [-0.39, 0.29) is 17.0 Å². The third kappa shape index (κ3) is 3.33. The monoisotopic (exact) mass is 348 g/mol. The van der Waals surface area contributed by atoms with E-state index in [0.29, 0.717) is 17.1 Å². The normalized spacial score (nSPS) is 17.3. The van der Waals surface area contributed by atoms with Crippen LogP contribution in [0.1, 0.15) is 21.3 Å². The fourth-order valence-corrected chi connectivity index (χ4v) is 3.88. The number of hydrogen-bond acceptors (Lipinski definition) is 4. The van der Waals surface area contributed by atoms with Crippen molar-refractivity contribution in [2.24, 2.45) is 0 Å². The van der Waals surface area contributed by atoms with Crippen molar-refractivity contribution in [1.29, 1.82) is 0 Å². The van der Waals surface area contributed by atoms with Crippen LogP contribution >= 0.6 is 23.4 Å². The Bertz CT molecular complexity index is 751. The van der Waals surface area contributed by atoms with Crippen LogP contribution in [0.2, 0.25) is 5.02 Å². The van der Waals surface area contributed by atoms with Crippen LogP contribution in [0.5, 0.6) is 0 Å². The topological polar surface area (TPSA) is 63.4 Å². The molecule has 1 aliphatic heterocycles. The quantitative estimate of drug-likeness (QED) is 0.617. The van der Waals surface area contributed by atoms with Gasteiger partial charge in [-0.25, -0.2) is 0 Å². The van der Waals surface area contributed by atoms with E-state index in [4.69, 9.17) is 11.6 Å². The van der Waals surface area contributed by atoms with Crippen LogP contribution in [0, 0.1) is 10.1 Å². The molecule has 0 N–H and O–H groups in total. The predicted octanol–water partition coefficient (Wildman–Crippen LogP) is 4.14. The zero-order valence-corrected chi connectivity index (χ0v) is 13.6. The number of non-ortho nitro benzene ring substituents is 1. The first-order valence-corrected chi connectivity index (χ1v) is 8.41. The molecule has 2 aromatic carbocycles. The number of rotatable bonds is 3. The molecule has 0 radical (unpaired) electrons. The number of nitrogens with zero attached hydrogens (tertiary/aromatic N) is 2. The molecule has 1 heterocycles. The lowest BCUT2D eigenvalue weighted by Gasteiger charge is -2.24. The highest BCUT2D eigenvalue weighted by molar-refractivity contribution is 7.99. The maximum Gasteiger partial charge on any atom is 0.270 e. The van der Waals surface area contributed by atoms with Gasteiger partial charge in [-0.1, -0.05) is 29.8 Å². The van der Waals surface area contributed by atoms with Crippen molar-refractivity contribution in [3.05, 3.63) is 74.8 Å². The van der Waals surface area contributed by atoms with Gasteiger partial charge in [-0.15, -0.1) is 11.8 Å². The molecule has 1 unspecified atom stereocenters. The summed E-state index contributed by atoms with van der Waals surface area (Å²) in [5, 5.41) is 11.4. The summed E-state index contributed by atoms with van der Waals surface area (Å²) < 4.78 is 0. The second-order valence-corrected chi connectivity index (χ2v) is 6.71. The molecule has 0 spiro atoms. The molecule has 7 heteroatoms. The smallest absolute Gasteiger partial charge is 0.270 e. The highest BCUT2D eigenvalue weighted by atomic mass is 35.5. The fourth-order valence-electron chi connectivity index (χ4n) is 2.50. The lowest BCUT2D eigenvalue weighted by Crippen LogP contribution is -2.30. The molecular weight excluding hydrogens is 336 g/mol. The summed E-state index contributed by atoms with van der Waals surface area (Å²) in [4.78, 5) is 24.9. The van der Waals surface area contributed by atoms with Crippen molar-refractivity contribution < 1.29 is 9.72 Å². The molecule has 0 bridgehead atoms. The number of benzene rings is 2. The molecule has 118 valence electrons. The largest absolute Gasteiger partial charge is 0.322 e. The second kappa shape index (κ2) is 6.60. The number of nitro groups is 1. The average Bonchev–Trinajstić information content (AvgIpc) is 3.04. The Kier molecular flexibility index (Phi) is 4.54. The van der Waals surface area contributed by atoms with Crippen molar-refractivity contribution in [2.75, 3.05) is 12.3 Å². The van der Waals surface area contributed by atoms with Gasteiger partial charge >= 0.3 is 0 Å². The predicted molar refractivity (Wildman–Crippen MR) is 90.8 cm³/mol. The summed E-state index contributed by atoms with van der Waals surface area (Å²) in [6.07, 6.45) is 0. The van der Waals surface area contributed by atoms with E-state index < -0.39 is 4.92 Å². The van der Waals surface area contributed by atoms with Gasteiger partial charge in [0.1, 0.15) is 5.37 Å². The molecule has 2 aromatic rings. The first-order chi connectivity index (χ1) is 11.1. The van der Waals surface area contributed by atoms with Gasteiger partial charge in [-0.2, -0.15) is 0 Å². The van der Waals surface area contributed by atoms with Crippen molar-refractivity contribution in [3.8, 4) is 0 Å². The van der Waals surface area contributed by atoms with Crippen molar-refractivity contribution in [3.63, 3.8) is 0 Å². The lowest BCUT2D eigenvalue weighted by atomic mass is 10.1.